The number of carbonyl (C=O) groups excluding carboxylic acids is 3. The van der Waals surface area contributed by atoms with Crippen LogP contribution < -0.4 is 0 Å². The summed E-state index contributed by atoms with van der Waals surface area (Å²) in [6.45, 7) is 12.2. The first-order chi connectivity index (χ1) is 17.2. The molecule has 2 aliphatic rings. The molecular formula is C28H42N2O6S. The maximum Gasteiger partial charge on any atom is 0.309 e. The summed E-state index contributed by atoms with van der Waals surface area (Å²) in [6, 6.07) is -0.000307. The molecule has 9 heteroatoms. The second kappa shape index (κ2) is 11.7. The van der Waals surface area contributed by atoms with Crippen LogP contribution in [-0.2, 0) is 19.1 Å². The molecule has 3 rings (SSSR count). The van der Waals surface area contributed by atoms with Gasteiger partial charge in [0.1, 0.15) is 11.9 Å². The number of aromatic nitrogens is 1. The Bertz CT molecular complexity index is 1030. The van der Waals surface area contributed by atoms with Gasteiger partial charge in [0, 0.05) is 24.6 Å². The Morgan fingerprint density at radius 1 is 1.19 bits per heavy atom. The summed E-state index contributed by atoms with van der Waals surface area (Å²) < 4.78 is 5.89. The van der Waals surface area contributed by atoms with Gasteiger partial charge in [0.15, 0.2) is 0 Å². The normalized spacial score (nSPS) is 34.0. The molecule has 0 spiro atoms. The monoisotopic (exact) mass is 534 g/mol. The molecule has 2 unspecified atom stereocenters. The van der Waals surface area contributed by atoms with Gasteiger partial charge < -0.3 is 19.8 Å². The van der Waals surface area contributed by atoms with E-state index in [4.69, 9.17) is 4.74 Å². The summed E-state index contributed by atoms with van der Waals surface area (Å²) >= 11 is 1.53. The number of ketones is 1. The highest BCUT2D eigenvalue weighted by Crippen LogP contribution is 2.39. The lowest BCUT2D eigenvalue weighted by Crippen LogP contribution is -2.45. The van der Waals surface area contributed by atoms with Gasteiger partial charge in [0.05, 0.1) is 46.8 Å². The lowest BCUT2D eigenvalue weighted by molar-refractivity contribution is -0.154. The smallest absolute Gasteiger partial charge is 0.309 e. The Kier molecular flexibility index (Phi) is 9.35. The maximum absolute atomic E-state index is 13.3. The number of nitrogens with zero attached hydrogens (tertiary/aromatic N) is 2. The van der Waals surface area contributed by atoms with Gasteiger partial charge in [-0.3, -0.25) is 14.4 Å². The summed E-state index contributed by atoms with van der Waals surface area (Å²) in [7, 11) is 0. The van der Waals surface area contributed by atoms with E-state index < -0.39 is 35.6 Å². The third kappa shape index (κ3) is 6.86. The molecular weight excluding hydrogens is 492 g/mol. The van der Waals surface area contributed by atoms with Crippen molar-refractivity contribution >= 4 is 35.1 Å². The first-order valence-electron chi connectivity index (χ1n) is 13.2. The predicted molar refractivity (Wildman–Crippen MR) is 143 cm³/mol. The standard InChI is InChI=1S/C28H42N2O6S/c1-15-9-8-10-21-22(30(21)19(5)31)12-23(16(2)11-20-14-37-18(4)29-20)36-25(33)13-24(32)28(6,7)27(35)17(3)26(15)34/h11,14-15,17,21-24,26,32,34H,8-10,12-13H2,1-7H3/t15-,17+,21+,22?,23?,24-,26-,30?/m0/s1. The van der Waals surface area contributed by atoms with Gasteiger partial charge in [-0.2, -0.15) is 0 Å². The van der Waals surface area contributed by atoms with Crippen molar-refractivity contribution in [1.29, 1.82) is 0 Å². The zero-order chi connectivity index (χ0) is 27.7. The number of aliphatic hydroxyl groups is 2. The molecule has 37 heavy (non-hydrogen) atoms. The minimum atomic E-state index is -1.26. The molecule has 7 atom stereocenters. The van der Waals surface area contributed by atoms with E-state index in [0.29, 0.717) is 6.42 Å². The van der Waals surface area contributed by atoms with Gasteiger partial charge in [-0.25, -0.2) is 4.98 Å². The number of amides is 1. The Balaban J connectivity index is 1.90. The molecule has 2 saturated heterocycles. The van der Waals surface area contributed by atoms with Crippen molar-refractivity contribution in [1.82, 2.24) is 9.88 Å². The number of thiazole rings is 1. The number of hydrogen-bond donors (Lipinski definition) is 2. The molecule has 2 aliphatic heterocycles. The van der Waals surface area contributed by atoms with E-state index in [2.05, 4.69) is 4.98 Å². The van der Waals surface area contributed by atoms with E-state index in [9.17, 15) is 24.6 Å². The average molecular weight is 535 g/mol. The van der Waals surface area contributed by atoms with Crippen molar-refractivity contribution in [2.75, 3.05) is 0 Å². The lowest BCUT2D eigenvalue weighted by Gasteiger charge is -2.34. The van der Waals surface area contributed by atoms with Crippen molar-refractivity contribution in [3.63, 3.8) is 0 Å². The van der Waals surface area contributed by atoms with Crippen molar-refractivity contribution in [2.24, 2.45) is 17.3 Å². The first-order valence-corrected chi connectivity index (χ1v) is 14.1. The van der Waals surface area contributed by atoms with Crippen LogP contribution >= 0.6 is 11.3 Å². The highest BCUT2D eigenvalue weighted by Gasteiger charge is 2.50. The summed E-state index contributed by atoms with van der Waals surface area (Å²) in [6.07, 6.45) is 1.58. The highest BCUT2D eigenvalue weighted by molar-refractivity contribution is 7.09. The summed E-state index contributed by atoms with van der Waals surface area (Å²) in [5.41, 5.74) is 0.359. The Morgan fingerprint density at radius 3 is 2.46 bits per heavy atom. The molecule has 1 amide bonds. The highest BCUT2D eigenvalue weighted by atomic mass is 32.1. The zero-order valence-corrected chi connectivity index (χ0v) is 23.9. The van der Waals surface area contributed by atoms with E-state index >= 15 is 0 Å². The number of cyclic esters (lactones) is 1. The van der Waals surface area contributed by atoms with E-state index in [1.165, 1.54) is 11.3 Å². The van der Waals surface area contributed by atoms with Gasteiger partial charge in [0.25, 0.3) is 0 Å². The minimum absolute atomic E-state index is 0.0146. The van der Waals surface area contributed by atoms with E-state index in [1.807, 2.05) is 37.1 Å². The summed E-state index contributed by atoms with van der Waals surface area (Å²) in [5.74, 6) is -1.71. The van der Waals surface area contributed by atoms with E-state index in [0.717, 1.165) is 35.5 Å². The van der Waals surface area contributed by atoms with Gasteiger partial charge in [-0.05, 0) is 44.3 Å². The van der Waals surface area contributed by atoms with E-state index in [1.54, 1.807) is 27.7 Å². The number of aliphatic hydroxyl groups excluding tert-OH is 2. The Labute approximate surface area is 224 Å². The Morgan fingerprint density at radius 2 is 1.86 bits per heavy atom. The number of carbonyl (C=O) groups is 3. The van der Waals surface area contributed by atoms with Crippen LogP contribution in [0.15, 0.2) is 11.0 Å². The van der Waals surface area contributed by atoms with Gasteiger partial charge >= 0.3 is 5.97 Å². The largest absolute Gasteiger partial charge is 0.458 e. The van der Waals surface area contributed by atoms with Crippen LogP contribution in [0.2, 0.25) is 0 Å². The molecule has 0 saturated carbocycles. The molecule has 2 fully saturated rings. The molecule has 0 radical (unpaired) electrons. The number of hydrogen-bond acceptors (Lipinski definition) is 8. The molecule has 1 aromatic heterocycles. The molecule has 2 N–H and O–H groups in total. The predicted octanol–water partition coefficient (Wildman–Crippen LogP) is 3.92. The number of ether oxygens (including phenoxy) is 1. The number of fused-ring (bicyclic) bond motifs is 1. The van der Waals surface area contributed by atoms with Crippen LogP contribution in [-0.4, -0.2) is 68.2 Å². The zero-order valence-electron chi connectivity index (χ0n) is 23.1. The van der Waals surface area contributed by atoms with Gasteiger partial charge in [-0.1, -0.05) is 34.1 Å². The van der Waals surface area contributed by atoms with Crippen LogP contribution in [0.25, 0.3) is 6.08 Å². The van der Waals surface area contributed by atoms with Gasteiger partial charge in [-0.15, -0.1) is 11.3 Å². The molecule has 0 aliphatic carbocycles. The molecule has 0 bridgehead atoms. The van der Waals surface area contributed by atoms with Crippen LogP contribution in [0.1, 0.15) is 84.3 Å². The summed E-state index contributed by atoms with van der Waals surface area (Å²) in [4.78, 5) is 44.9. The second-order valence-electron chi connectivity index (χ2n) is 11.4. The number of aryl methyl sites for hydroxylation is 1. The average Bonchev–Trinajstić information content (AvgIpc) is 3.35. The first kappa shape index (κ1) is 29.5. The molecule has 1 aromatic rings. The van der Waals surface area contributed by atoms with Crippen molar-refractivity contribution < 1.29 is 29.3 Å². The lowest BCUT2D eigenvalue weighted by atomic mass is 9.73. The number of esters is 1. The topological polar surface area (TPSA) is 117 Å². The van der Waals surface area contributed by atoms with Crippen LogP contribution in [0, 0.1) is 24.2 Å². The van der Waals surface area contributed by atoms with Crippen molar-refractivity contribution in [3.8, 4) is 0 Å². The third-order valence-corrected chi connectivity index (χ3v) is 8.97. The Hall–Kier alpha value is -2.10. The second-order valence-corrected chi connectivity index (χ2v) is 12.5. The third-order valence-electron chi connectivity index (χ3n) is 8.18. The maximum atomic E-state index is 13.3. The fourth-order valence-electron chi connectivity index (χ4n) is 5.56. The van der Waals surface area contributed by atoms with E-state index in [-0.39, 0.29) is 36.1 Å². The van der Waals surface area contributed by atoms with Crippen LogP contribution in [0.5, 0.6) is 0 Å². The summed E-state index contributed by atoms with van der Waals surface area (Å²) in [5, 5.41) is 24.6. The van der Waals surface area contributed by atoms with Crippen LogP contribution in [0.4, 0.5) is 0 Å². The van der Waals surface area contributed by atoms with Crippen LogP contribution in [0.3, 0.4) is 0 Å². The fourth-order valence-corrected chi connectivity index (χ4v) is 6.13. The molecule has 8 nitrogen and oxygen atoms in total. The number of Topliss-reactive ketones (excluding diaryl/α,β-unsaturated/α-hetero) is 1. The number of rotatable bonds is 2. The SMILES string of the molecule is CC(=O)N1C2CC(C(C)=Cc3csc(C)n3)OC(=O)C[C@H](O)C(C)(C)C(=O)[C@H](C)[C@@H](O)[C@@H](C)CCC[C@H]21. The fraction of sp³-hybridized carbons (Fsp3) is 0.714. The molecule has 0 aromatic carbocycles. The molecule has 3 heterocycles. The molecule has 206 valence electrons. The van der Waals surface area contributed by atoms with Gasteiger partial charge in [0.2, 0.25) is 5.91 Å². The minimum Gasteiger partial charge on any atom is -0.458 e. The van der Waals surface area contributed by atoms with Crippen molar-refractivity contribution in [2.45, 2.75) is 111 Å². The quantitative estimate of drug-likeness (QED) is 0.436. The van der Waals surface area contributed by atoms with Crippen molar-refractivity contribution in [3.05, 3.63) is 21.7 Å².